The van der Waals surface area contributed by atoms with Gasteiger partial charge in [0.2, 0.25) is 5.91 Å². The van der Waals surface area contributed by atoms with E-state index >= 15 is 0 Å². The number of nitrogens with zero attached hydrogens (tertiary/aromatic N) is 3. The topological polar surface area (TPSA) is 47.8 Å². The summed E-state index contributed by atoms with van der Waals surface area (Å²) >= 11 is 0. The van der Waals surface area contributed by atoms with E-state index in [1.54, 1.807) is 11.5 Å². The molecule has 114 valence electrons. The molecule has 0 spiro atoms. The lowest BCUT2D eigenvalue weighted by Gasteiger charge is -2.03. The molecule has 0 bridgehead atoms. The normalized spacial score (nSPS) is 11.7. The molecule has 5 aromatic rings. The summed E-state index contributed by atoms with van der Waals surface area (Å²) in [6.07, 6.45) is 0. The van der Waals surface area contributed by atoms with Gasteiger partial charge in [0.1, 0.15) is 5.52 Å². The first-order chi connectivity index (χ1) is 11.7. The van der Waals surface area contributed by atoms with Gasteiger partial charge >= 0.3 is 0 Å². The third-order valence-corrected chi connectivity index (χ3v) is 4.44. The Morgan fingerprint density at radius 1 is 0.875 bits per heavy atom. The number of hydrogen-bond donors (Lipinski definition) is 0. The molecule has 0 fully saturated rings. The van der Waals surface area contributed by atoms with Gasteiger partial charge in [-0.3, -0.25) is 9.36 Å². The molecule has 2 heterocycles. The Labute approximate surface area is 137 Å². The monoisotopic (exact) mass is 311 g/mol. The fourth-order valence-electron chi connectivity index (χ4n) is 3.37. The standard InChI is InChI=1S/C20H13N3O/c1-12(24)23-18-9-5-4-8-15(18)19-20(23)22-17-11-14-7-3-2-6-13(14)10-16(17)21-19/h2-11H,1H3. The average molecular weight is 311 g/mol. The lowest BCUT2D eigenvalue weighted by molar-refractivity contribution is 0.0946. The smallest absolute Gasteiger partial charge is 0.229 e. The largest absolute Gasteiger partial charge is 0.274 e. The Morgan fingerprint density at radius 2 is 1.50 bits per heavy atom. The fourth-order valence-corrected chi connectivity index (χ4v) is 3.37. The molecule has 24 heavy (non-hydrogen) atoms. The number of carbonyl (C=O) groups is 1. The zero-order chi connectivity index (χ0) is 16.3. The zero-order valence-electron chi connectivity index (χ0n) is 13.0. The number of hydrogen-bond acceptors (Lipinski definition) is 3. The molecule has 0 unspecified atom stereocenters. The minimum Gasteiger partial charge on any atom is -0.274 e. The minimum absolute atomic E-state index is 0.0596. The molecule has 0 aliphatic heterocycles. The Morgan fingerprint density at radius 3 is 2.21 bits per heavy atom. The van der Waals surface area contributed by atoms with E-state index in [0.29, 0.717) is 5.65 Å². The lowest BCUT2D eigenvalue weighted by atomic mass is 10.1. The summed E-state index contributed by atoms with van der Waals surface area (Å²) in [6, 6.07) is 20.0. The molecule has 0 saturated carbocycles. The van der Waals surface area contributed by atoms with Gasteiger partial charge in [0.15, 0.2) is 5.65 Å². The summed E-state index contributed by atoms with van der Waals surface area (Å²) < 4.78 is 1.65. The SMILES string of the molecule is CC(=O)n1c2ccccc2c2nc3cc4ccccc4cc3nc21. The van der Waals surface area contributed by atoms with Crippen LogP contribution in [0, 0.1) is 0 Å². The van der Waals surface area contributed by atoms with E-state index in [1.165, 1.54) is 0 Å². The molecule has 0 atom stereocenters. The third-order valence-electron chi connectivity index (χ3n) is 4.44. The van der Waals surface area contributed by atoms with Crippen molar-refractivity contribution < 1.29 is 4.79 Å². The van der Waals surface area contributed by atoms with Gasteiger partial charge < -0.3 is 0 Å². The van der Waals surface area contributed by atoms with Gasteiger partial charge in [-0.1, -0.05) is 42.5 Å². The van der Waals surface area contributed by atoms with Gasteiger partial charge in [-0.05, 0) is 29.0 Å². The summed E-state index contributed by atoms with van der Waals surface area (Å²) in [5.74, 6) is -0.0596. The van der Waals surface area contributed by atoms with Crippen LogP contribution in [0.4, 0.5) is 0 Å². The quantitative estimate of drug-likeness (QED) is 0.394. The van der Waals surface area contributed by atoms with E-state index in [1.807, 2.05) is 42.5 Å². The predicted octanol–water partition coefficient (Wildman–Crippen LogP) is 4.55. The van der Waals surface area contributed by atoms with Crippen molar-refractivity contribution in [1.29, 1.82) is 0 Å². The maximum absolute atomic E-state index is 12.2. The molecule has 5 rings (SSSR count). The summed E-state index contributed by atoms with van der Waals surface area (Å²) in [4.78, 5) is 21.8. The van der Waals surface area contributed by atoms with Crippen LogP contribution >= 0.6 is 0 Å². The van der Waals surface area contributed by atoms with Crippen molar-refractivity contribution in [2.45, 2.75) is 6.92 Å². The first-order valence-electron chi connectivity index (χ1n) is 7.83. The Kier molecular flexibility index (Phi) is 2.54. The highest BCUT2D eigenvalue weighted by Crippen LogP contribution is 2.29. The molecule has 4 nitrogen and oxygen atoms in total. The minimum atomic E-state index is -0.0596. The van der Waals surface area contributed by atoms with Gasteiger partial charge in [0.25, 0.3) is 0 Å². The Bertz CT molecular complexity index is 1280. The van der Waals surface area contributed by atoms with Crippen LogP contribution in [0.2, 0.25) is 0 Å². The average Bonchev–Trinajstić information content (AvgIpc) is 2.91. The number of aromatic nitrogens is 3. The molecule has 0 amide bonds. The fraction of sp³-hybridized carbons (Fsp3) is 0.0500. The second-order valence-electron chi connectivity index (χ2n) is 5.96. The van der Waals surface area contributed by atoms with Crippen molar-refractivity contribution in [3.05, 3.63) is 60.7 Å². The van der Waals surface area contributed by atoms with Gasteiger partial charge in [-0.25, -0.2) is 9.97 Å². The highest BCUT2D eigenvalue weighted by Gasteiger charge is 2.16. The van der Waals surface area contributed by atoms with E-state index in [4.69, 9.17) is 9.97 Å². The van der Waals surface area contributed by atoms with Crippen LogP contribution in [0.25, 0.3) is 43.9 Å². The summed E-state index contributed by atoms with van der Waals surface area (Å²) in [6.45, 7) is 1.55. The number of fused-ring (bicyclic) bond motifs is 5. The zero-order valence-corrected chi connectivity index (χ0v) is 13.0. The van der Waals surface area contributed by atoms with E-state index in [0.717, 1.165) is 38.2 Å². The number of benzene rings is 3. The molecule has 3 aromatic carbocycles. The highest BCUT2D eigenvalue weighted by molar-refractivity contribution is 6.12. The summed E-state index contributed by atoms with van der Waals surface area (Å²) in [5, 5.41) is 3.20. The van der Waals surface area contributed by atoms with Gasteiger partial charge in [0, 0.05) is 12.3 Å². The van der Waals surface area contributed by atoms with E-state index in [-0.39, 0.29) is 5.91 Å². The molecule has 0 aliphatic rings. The molecule has 2 aromatic heterocycles. The number of carbonyl (C=O) groups excluding carboxylic acids is 1. The molecule has 0 N–H and O–H groups in total. The van der Waals surface area contributed by atoms with Gasteiger partial charge in [-0.2, -0.15) is 0 Å². The number of para-hydroxylation sites is 1. The second kappa shape index (κ2) is 4.61. The first-order valence-corrected chi connectivity index (χ1v) is 7.83. The Hall–Kier alpha value is -3.27. The van der Waals surface area contributed by atoms with Crippen molar-refractivity contribution in [1.82, 2.24) is 14.5 Å². The Balaban J connectivity index is 2.02. The molecule has 4 heteroatoms. The van der Waals surface area contributed by atoms with Crippen LogP contribution in [0.15, 0.2) is 60.7 Å². The van der Waals surface area contributed by atoms with Gasteiger partial charge in [-0.15, -0.1) is 0 Å². The maximum Gasteiger partial charge on any atom is 0.229 e. The van der Waals surface area contributed by atoms with Crippen molar-refractivity contribution >= 4 is 49.8 Å². The van der Waals surface area contributed by atoms with Crippen molar-refractivity contribution in [2.24, 2.45) is 0 Å². The van der Waals surface area contributed by atoms with Crippen LogP contribution in [0.3, 0.4) is 0 Å². The van der Waals surface area contributed by atoms with E-state index in [9.17, 15) is 4.79 Å². The molecule has 0 aliphatic carbocycles. The van der Waals surface area contributed by atoms with Gasteiger partial charge in [0.05, 0.1) is 16.6 Å². The molecule has 0 saturated heterocycles. The van der Waals surface area contributed by atoms with Crippen LogP contribution < -0.4 is 0 Å². The predicted molar refractivity (Wildman–Crippen MR) is 96.3 cm³/mol. The van der Waals surface area contributed by atoms with Crippen molar-refractivity contribution in [3.63, 3.8) is 0 Å². The van der Waals surface area contributed by atoms with Crippen LogP contribution in [0.1, 0.15) is 11.7 Å². The van der Waals surface area contributed by atoms with Crippen molar-refractivity contribution in [2.75, 3.05) is 0 Å². The second-order valence-corrected chi connectivity index (χ2v) is 5.96. The van der Waals surface area contributed by atoms with Crippen LogP contribution in [-0.2, 0) is 0 Å². The maximum atomic E-state index is 12.2. The first kappa shape index (κ1) is 13.2. The van der Waals surface area contributed by atoms with E-state index in [2.05, 4.69) is 18.2 Å². The highest BCUT2D eigenvalue weighted by atomic mass is 16.1. The summed E-state index contributed by atoms with van der Waals surface area (Å²) in [5.41, 5.74) is 3.87. The summed E-state index contributed by atoms with van der Waals surface area (Å²) in [7, 11) is 0. The lowest BCUT2D eigenvalue weighted by Crippen LogP contribution is -2.06. The number of rotatable bonds is 0. The third kappa shape index (κ3) is 1.71. The van der Waals surface area contributed by atoms with Crippen molar-refractivity contribution in [3.8, 4) is 0 Å². The van der Waals surface area contributed by atoms with Crippen LogP contribution in [-0.4, -0.2) is 20.4 Å². The molecule has 0 radical (unpaired) electrons. The molecular formula is C20H13N3O. The van der Waals surface area contributed by atoms with Crippen LogP contribution in [0.5, 0.6) is 0 Å². The molecular weight excluding hydrogens is 298 g/mol. The van der Waals surface area contributed by atoms with E-state index < -0.39 is 0 Å².